The van der Waals surface area contributed by atoms with Gasteiger partial charge in [0.05, 0.1) is 17.7 Å². The van der Waals surface area contributed by atoms with Crippen molar-refractivity contribution in [1.29, 1.82) is 0 Å². The van der Waals surface area contributed by atoms with Crippen molar-refractivity contribution in [2.24, 2.45) is 0 Å². The van der Waals surface area contributed by atoms with Crippen molar-refractivity contribution in [3.63, 3.8) is 0 Å². The number of sulfonamides is 1. The van der Waals surface area contributed by atoms with Gasteiger partial charge in [0.2, 0.25) is 11.8 Å². The van der Waals surface area contributed by atoms with Gasteiger partial charge in [-0.05, 0) is 48.7 Å². The van der Waals surface area contributed by atoms with Crippen LogP contribution in [-0.2, 0) is 32.6 Å². The fourth-order valence-electron chi connectivity index (χ4n) is 4.84. The SMILES string of the molecule is CC[C@@H](C)NC(=O)[C@H](Cc1ccccc1)N(Cc1ccccc1)C(=O)CN(c1ccccc1OC)S(=O)(=O)c1ccccc1. The fraction of sp³-hybridized carbons (Fsp3) is 0.257. The number of carbonyl (C=O) groups is 2. The van der Waals surface area contributed by atoms with Gasteiger partial charge in [0.25, 0.3) is 10.0 Å². The summed E-state index contributed by atoms with van der Waals surface area (Å²) in [6, 6.07) is 32.5. The average molecular weight is 614 g/mol. The molecule has 8 nitrogen and oxygen atoms in total. The van der Waals surface area contributed by atoms with E-state index in [9.17, 15) is 18.0 Å². The van der Waals surface area contributed by atoms with Crippen LogP contribution < -0.4 is 14.4 Å². The first kappa shape index (κ1) is 32.3. The second-order valence-corrected chi connectivity index (χ2v) is 12.4. The van der Waals surface area contributed by atoms with E-state index in [4.69, 9.17) is 4.74 Å². The summed E-state index contributed by atoms with van der Waals surface area (Å²) in [6.07, 6.45) is 0.967. The topological polar surface area (TPSA) is 96.0 Å². The van der Waals surface area contributed by atoms with Gasteiger partial charge >= 0.3 is 0 Å². The molecule has 0 aliphatic rings. The molecule has 230 valence electrons. The second kappa shape index (κ2) is 15.2. The van der Waals surface area contributed by atoms with E-state index in [-0.39, 0.29) is 35.5 Å². The minimum Gasteiger partial charge on any atom is -0.495 e. The lowest BCUT2D eigenvalue weighted by Crippen LogP contribution is -2.54. The number of ether oxygens (including phenoxy) is 1. The highest BCUT2D eigenvalue weighted by molar-refractivity contribution is 7.92. The Bertz CT molecular complexity index is 1620. The van der Waals surface area contributed by atoms with Crippen LogP contribution in [0.2, 0.25) is 0 Å². The zero-order chi connectivity index (χ0) is 31.5. The Morgan fingerprint density at radius 2 is 1.34 bits per heavy atom. The standard InChI is InChI=1S/C35H39N3O5S/c1-4-27(2)36-35(40)32(24-28-16-8-5-9-17-28)37(25-29-18-10-6-11-19-29)34(39)26-38(31-22-14-15-23-33(31)43-3)44(41,42)30-20-12-7-13-21-30/h5-23,27,32H,4,24-26H2,1-3H3,(H,36,40)/t27-,32+/m1/s1. The number of methoxy groups -OCH3 is 1. The number of anilines is 1. The molecule has 0 saturated heterocycles. The number of amides is 2. The third-order valence-electron chi connectivity index (χ3n) is 7.43. The summed E-state index contributed by atoms with van der Waals surface area (Å²) in [5.74, 6) is -0.536. The zero-order valence-electron chi connectivity index (χ0n) is 25.3. The Hall–Kier alpha value is -4.63. The van der Waals surface area contributed by atoms with Crippen LogP contribution in [0.4, 0.5) is 5.69 Å². The van der Waals surface area contributed by atoms with Crippen molar-refractivity contribution in [2.45, 2.75) is 50.2 Å². The molecule has 0 aliphatic heterocycles. The van der Waals surface area contributed by atoms with Crippen LogP contribution in [0.1, 0.15) is 31.4 Å². The molecule has 0 unspecified atom stereocenters. The molecule has 0 saturated carbocycles. The molecule has 0 radical (unpaired) electrons. The highest BCUT2D eigenvalue weighted by Crippen LogP contribution is 2.32. The number of benzene rings is 4. The average Bonchev–Trinajstić information content (AvgIpc) is 3.06. The highest BCUT2D eigenvalue weighted by Gasteiger charge is 2.35. The summed E-state index contributed by atoms with van der Waals surface area (Å²) in [5.41, 5.74) is 1.90. The Morgan fingerprint density at radius 3 is 1.93 bits per heavy atom. The van der Waals surface area contributed by atoms with Crippen molar-refractivity contribution in [3.8, 4) is 5.75 Å². The summed E-state index contributed by atoms with van der Waals surface area (Å²) in [7, 11) is -2.76. The summed E-state index contributed by atoms with van der Waals surface area (Å²) in [6.45, 7) is 3.45. The summed E-state index contributed by atoms with van der Waals surface area (Å²) >= 11 is 0. The maximum atomic E-state index is 14.5. The number of para-hydroxylation sites is 2. The molecule has 0 spiro atoms. The highest BCUT2D eigenvalue weighted by atomic mass is 32.2. The number of nitrogens with zero attached hydrogens (tertiary/aromatic N) is 2. The van der Waals surface area contributed by atoms with Crippen LogP contribution in [0.15, 0.2) is 120 Å². The molecule has 9 heteroatoms. The normalized spacial score (nSPS) is 12.5. The Balaban J connectivity index is 1.81. The van der Waals surface area contributed by atoms with Crippen molar-refractivity contribution < 1.29 is 22.7 Å². The lowest BCUT2D eigenvalue weighted by molar-refractivity contribution is -0.140. The molecule has 4 rings (SSSR count). The summed E-state index contributed by atoms with van der Waals surface area (Å²) < 4.78 is 34.8. The first-order valence-corrected chi connectivity index (χ1v) is 16.1. The van der Waals surface area contributed by atoms with Gasteiger partial charge in [-0.1, -0.05) is 97.9 Å². The van der Waals surface area contributed by atoms with Crippen LogP contribution in [0, 0.1) is 0 Å². The van der Waals surface area contributed by atoms with Crippen molar-refractivity contribution in [2.75, 3.05) is 18.0 Å². The van der Waals surface area contributed by atoms with Gasteiger partial charge in [0.1, 0.15) is 18.3 Å². The minimum atomic E-state index is -4.21. The predicted molar refractivity (Wildman–Crippen MR) is 173 cm³/mol. The van der Waals surface area contributed by atoms with E-state index in [1.165, 1.54) is 24.1 Å². The van der Waals surface area contributed by atoms with Gasteiger partial charge in [-0.25, -0.2) is 8.42 Å². The van der Waals surface area contributed by atoms with E-state index in [0.717, 1.165) is 15.4 Å². The van der Waals surface area contributed by atoms with Gasteiger partial charge < -0.3 is 15.0 Å². The van der Waals surface area contributed by atoms with Crippen LogP contribution in [0.3, 0.4) is 0 Å². The molecule has 0 aliphatic carbocycles. The first-order valence-electron chi connectivity index (χ1n) is 14.6. The van der Waals surface area contributed by atoms with Gasteiger partial charge in [-0.15, -0.1) is 0 Å². The molecule has 0 bridgehead atoms. The Morgan fingerprint density at radius 1 is 0.795 bits per heavy atom. The van der Waals surface area contributed by atoms with Gasteiger partial charge in [0, 0.05) is 19.0 Å². The number of nitrogens with one attached hydrogen (secondary N) is 1. The largest absolute Gasteiger partial charge is 0.495 e. The van der Waals surface area contributed by atoms with Crippen molar-refractivity contribution >= 4 is 27.5 Å². The number of hydrogen-bond donors (Lipinski definition) is 1. The van der Waals surface area contributed by atoms with Crippen LogP contribution >= 0.6 is 0 Å². The molecule has 2 atom stereocenters. The monoisotopic (exact) mass is 613 g/mol. The van der Waals surface area contributed by atoms with Crippen molar-refractivity contribution in [1.82, 2.24) is 10.2 Å². The Kier molecular flexibility index (Phi) is 11.2. The molecule has 0 fully saturated rings. The van der Waals surface area contributed by atoms with E-state index in [0.29, 0.717) is 12.2 Å². The van der Waals surface area contributed by atoms with E-state index < -0.39 is 28.5 Å². The quantitative estimate of drug-likeness (QED) is 0.204. The predicted octanol–water partition coefficient (Wildman–Crippen LogP) is 5.45. The smallest absolute Gasteiger partial charge is 0.264 e. The number of rotatable bonds is 14. The minimum absolute atomic E-state index is 0.0312. The molecule has 4 aromatic carbocycles. The lowest BCUT2D eigenvalue weighted by atomic mass is 10.0. The second-order valence-electron chi connectivity index (χ2n) is 10.5. The third-order valence-corrected chi connectivity index (χ3v) is 9.21. The van der Waals surface area contributed by atoms with Crippen LogP contribution in [-0.4, -0.2) is 50.9 Å². The Labute approximate surface area is 260 Å². The maximum Gasteiger partial charge on any atom is 0.264 e. The van der Waals surface area contributed by atoms with Crippen LogP contribution in [0.25, 0.3) is 0 Å². The molecule has 0 heterocycles. The van der Waals surface area contributed by atoms with E-state index in [2.05, 4.69) is 5.32 Å². The molecule has 1 N–H and O–H groups in total. The molecule has 2 amide bonds. The maximum absolute atomic E-state index is 14.5. The van der Waals surface area contributed by atoms with Crippen molar-refractivity contribution in [3.05, 3.63) is 126 Å². The van der Waals surface area contributed by atoms with E-state index in [1.54, 1.807) is 42.5 Å². The number of carbonyl (C=O) groups excluding carboxylic acids is 2. The third kappa shape index (κ3) is 8.05. The van der Waals surface area contributed by atoms with Gasteiger partial charge in [-0.3, -0.25) is 13.9 Å². The van der Waals surface area contributed by atoms with Crippen LogP contribution in [0.5, 0.6) is 5.75 Å². The molecule has 4 aromatic rings. The molecule has 0 aromatic heterocycles. The fourth-order valence-corrected chi connectivity index (χ4v) is 6.29. The first-order chi connectivity index (χ1) is 21.2. The van der Waals surface area contributed by atoms with E-state index >= 15 is 0 Å². The van der Waals surface area contributed by atoms with E-state index in [1.807, 2.05) is 74.5 Å². The molecule has 44 heavy (non-hydrogen) atoms. The zero-order valence-corrected chi connectivity index (χ0v) is 26.1. The van der Waals surface area contributed by atoms with Gasteiger partial charge in [-0.2, -0.15) is 0 Å². The summed E-state index contributed by atoms with van der Waals surface area (Å²) in [5, 5.41) is 3.05. The molecular formula is C35H39N3O5S. The summed E-state index contributed by atoms with van der Waals surface area (Å²) in [4.78, 5) is 29.9. The molecular weight excluding hydrogens is 574 g/mol. The van der Waals surface area contributed by atoms with Gasteiger partial charge in [0.15, 0.2) is 0 Å². The lowest BCUT2D eigenvalue weighted by Gasteiger charge is -2.34. The number of hydrogen-bond acceptors (Lipinski definition) is 5.